The van der Waals surface area contributed by atoms with Crippen molar-refractivity contribution in [1.82, 2.24) is 19.8 Å². The van der Waals surface area contributed by atoms with Crippen molar-refractivity contribution in [3.05, 3.63) is 0 Å². The molecule has 0 unspecified atom stereocenters. The van der Waals surface area contributed by atoms with Crippen LogP contribution in [0.25, 0.3) is 0 Å². The molecule has 4 heteroatoms. The summed E-state index contributed by atoms with van der Waals surface area (Å²) in [5.74, 6) is 0. The molecule has 2 aliphatic heterocycles. The Hall–Kier alpha value is -0.160. The minimum absolute atomic E-state index is 0.334. The first-order valence-electron chi connectivity index (χ1n) is 7.79. The fourth-order valence-corrected chi connectivity index (χ4v) is 3.38. The largest absolute Gasteiger partial charge is 0.298 e. The third-order valence-electron chi connectivity index (χ3n) is 4.79. The summed E-state index contributed by atoms with van der Waals surface area (Å²) in [6, 6.07) is 0.818. The van der Waals surface area contributed by atoms with Crippen LogP contribution in [0.2, 0.25) is 0 Å². The number of hydrogen-bond acceptors (Lipinski definition) is 4. The van der Waals surface area contributed by atoms with Gasteiger partial charge in [-0.25, -0.2) is 10.0 Å². The van der Waals surface area contributed by atoms with Crippen molar-refractivity contribution in [2.45, 2.75) is 45.2 Å². The second kappa shape index (κ2) is 6.08. The van der Waals surface area contributed by atoms with E-state index in [0.29, 0.717) is 5.54 Å². The lowest BCUT2D eigenvalue weighted by atomic mass is 10.0. The Bertz CT molecular complexity index is 268. The SMILES string of the molecule is CN(C)N1CCC(N2CCN(C(C)(C)C)CC2)CC1. The van der Waals surface area contributed by atoms with Crippen LogP contribution in [0.4, 0.5) is 0 Å². The van der Waals surface area contributed by atoms with E-state index in [1.807, 2.05) is 0 Å². The Morgan fingerprint density at radius 2 is 1.37 bits per heavy atom. The Morgan fingerprint density at radius 3 is 1.79 bits per heavy atom. The highest BCUT2D eigenvalue weighted by Crippen LogP contribution is 2.21. The lowest BCUT2D eigenvalue weighted by molar-refractivity contribution is -0.0312. The van der Waals surface area contributed by atoms with E-state index in [2.05, 4.69) is 54.7 Å². The first-order chi connectivity index (χ1) is 8.88. The summed E-state index contributed by atoms with van der Waals surface area (Å²) in [7, 11) is 4.31. The molecule has 0 radical (unpaired) electrons. The fourth-order valence-electron chi connectivity index (χ4n) is 3.38. The highest BCUT2D eigenvalue weighted by atomic mass is 15.6. The number of hydrazine groups is 1. The van der Waals surface area contributed by atoms with Gasteiger partial charge in [0.1, 0.15) is 0 Å². The quantitative estimate of drug-likeness (QED) is 0.749. The zero-order chi connectivity index (χ0) is 14.0. The zero-order valence-electron chi connectivity index (χ0n) is 13.5. The Balaban J connectivity index is 1.77. The average molecular weight is 268 g/mol. The van der Waals surface area contributed by atoms with Gasteiger partial charge in [0.2, 0.25) is 0 Å². The molecule has 2 heterocycles. The summed E-state index contributed by atoms with van der Waals surface area (Å²) in [5.41, 5.74) is 0.334. The predicted molar refractivity (Wildman–Crippen MR) is 81.2 cm³/mol. The van der Waals surface area contributed by atoms with Crippen LogP contribution in [-0.4, -0.2) is 84.8 Å². The zero-order valence-corrected chi connectivity index (χ0v) is 13.5. The molecule has 0 aromatic carbocycles. The van der Waals surface area contributed by atoms with Crippen molar-refractivity contribution in [3.8, 4) is 0 Å². The molecule has 0 spiro atoms. The Morgan fingerprint density at radius 1 is 0.842 bits per heavy atom. The van der Waals surface area contributed by atoms with E-state index in [9.17, 15) is 0 Å². The van der Waals surface area contributed by atoms with Crippen molar-refractivity contribution in [2.75, 3.05) is 53.4 Å². The molecule has 0 bridgehead atoms. The molecule has 19 heavy (non-hydrogen) atoms. The number of rotatable bonds is 2. The normalized spacial score (nSPS) is 26.2. The van der Waals surface area contributed by atoms with Crippen LogP contribution in [0.15, 0.2) is 0 Å². The molecule has 2 saturated heterocycles. The van der Waals surface area contributed by atoms with Crippen LogP contribution in [0.1, 0.15) is 33.6 Å². The van der Waals surface area contributed by atoms with Gasteiger partial charge in [0, 0.05) is 64.9 Å². The second-order valence-corrected chi connectivity index (χ2v) is 7.23. The summed E-state index contributed by atoms with van der Waals surface area (Å²) in [6.07, 6.45) is 2.65. The van der Waals surface area contributed by atoms with Crippen molar-refractivity contribution in [1.29, 1.82) is 0 Å². The Kier molecular flexibility index (Phi) is 4.88. The van der Waals surface area contributed by atoms with Gasteiger partial charge in [0.05, 0.1) is 0 Å². The monoisotopic (exact) mass is 268 g/mol. The van der Waals surface area contributed by atoms with E-state index >= 15 is 0 Å². The van der Waals surface area contributed by atoms with E-state index in [1.165, 1.54) is 52.1 Å². The topological polar surface area (TPSA) is 13.0 Å². The maximum absolute atomic E-state index is 2.73. The highest BCUT2D eigenvalue weighted by molar-refractivity contribution is 4.86. The summed E-state index contributed by atoms with van der Waals surface area (Å²) < 4.78 is 0. The van der Waals surface area contributed by atoms with Crippen LogP contribution in [0.5, 0.6) is 0 Å². The van der Waals surface area contributed by atoms with Crippen LogP contribution < -0.4 is 0 Å². The number of piperazine rings is 1. The van der Waals surface area contributed by atoms with E-state index in [0.717, 1.165) is 6.04 Å². The summed E-state index contributed by atoms with van der Waals surface area (Å²) >= 11 is 0. The number of hydrogen-bond donors (Lipinski definition) is 0. The molecule has 4 nitrogen and oxygen atoms in total. The minimum Gasteiger partial charge on any atom is -0.298 e. The van der Waals surface area contributed by atoms with Gasteiger partial charge in [-0.05, 0) is 33.6 Å². The third-order valence-corrected chi connectivity index (χ3v) is 4.79. The van der Waals surface area contributed by atoms with Gasteiger partial charge in [-0.2, -0.15) is 0 Å². The minimum atomic E-state index is 0.334. The van der Waals surface area contributed by atoms with E-state index < -0.39 is 0 Å². The second-order valence-electron chi connectivity index (χ2n) is 7.23. The van der Waals surface area contributed by atoms with Crippen molar-refractivity contribution in [2.24, 2.45) is 0 Å². The van der Waals surface area contributed by atoms with Crippen molar-refractivity contribution >= 4 is 0 Å². The lowest BCUT2D eigenvalue weighted by Gasteiger charge is -2.46. The number of nitrogens with zero attached hydrogens (tertiary/aromatic N) is 4. The van der Waals surface area contributed by atoms with Crippen LogP contribution in [0.3, 0.4) is 0 Å². The molecule has 0 aromatic rings. The van der Waals surface area contributed by atoms with Crippen LogP contribution in [0, 0.1) is 0 Å². The molecular formula is C15H32N4. The molecule has 0 saturated carbocycles. The molecule has 0 N–H and O–H groups in total. The maximum Gasteiger partial charge on any atom is 0.0148 e. The smallest absolute Gasteiger partial charge is 0.0148 e. The standard InChI is InChI=1S/C15H32N4/c1-15(2,3)18-12-10-17(11-13-18)14-6-8-19(9-7-14)16(4)5/h14H,6-13H2,1-5H3. The van der Waals surface area contributed by atoms with E-state index in [-0.39, 0.29) is 0 Å². The summed E-state index contributed by atoms with van der Waals surface area (Å²) in [6.45, 7) is 14.4. The van der Waals surface area contributed by atoms with Crippen molar-refractivity contribution < 1.29 is 0 Å². The van der Waals surface area contributed by atoms with Gasteiger partial charge < -0.3 is 0 Å². The molecule has 2 aliphatic rings. The summed E-state index contributed by atoms with van der Waals surface area (Å²) in [4.78, 5) is 5.35. The van der Waals surface area contributed by atoms with Gasteiger partial charge >= 0.3 is 0 Å². The third kappa shape index (κ3) is 3.91. The van der Waals surface area contributed by atoms with Gasteiger partial charge in [-0.15, -0.1) is 0 Å². The van der Waals surface area contributed by atoms with Crippen molar-refractivity contribution in [3.63, 3.8) is 0 Å². The van der Waals surface area contributed by atoms with Gasteiger partial charge in [-0.3, -0.25) is 9.80 Å². The first kappa shape index (κ1) is 15.2. The molecular weight excluding hydrogens is 236 g/mol. The predicted octanol–water partition coefficient (Wildman–Crippen LogP) is 1.34. The van der Waals surface area contributed by atoms with Gasteiger partial charge in [0.15, 0.2) is 0 Å². The lowest BCUT2D eigenvalue weighted by Crippen LogP contribution is -2.57. The van der Waals surface area contributed by atoms with Gasteiger partial charge in [-0.1, -0.05) is 0 Å². The van der Waals surface area contributed by atoms with E-state index in [1.54, 1.807) is 0 Å². The fraction of sp³-hybridized carbons (Fsp3) is 1.00. The molecule has 0 atom stereocenters. The van der Waals surface area contributed by atoms with Crippen LogP contribution in [-0.2, 0) is 0 Å². The molecule has 2 rings (SSSR count). The highest BCUT2D eigenvalue weighted by Gasteiger charge is 2.30. The number of piperidine rings is 1. The van der Waals surface area contributed by atoms with Gasteiger partial charge in [0.25, 0.3) is 0 Å². The van der Waals surface area contributed by atoms with E-state index in [4.69, 9.17) is 0 Å². The molecule has 2 fully saturated rings. The Labute approximate surface area is 119 Å². The first-order valence-corrected chi connectivity index (χ1v) is 7.79. The average Bonchev–Trinajstić information content (AvgIpc) is 2.38. The molecule has 112 valence electrons. The van der Waals surface area contributed by atoms with Crippen LogP contribution >= 0.6 is 0 Å². The maximum atomic E-state index is 2.73. The molecule has 0 amide bonds. The summed E-state index contributed by atoms with van der Waals surface area (Å²) in [5, 5.41) is 4.70. The molecule has 0 aliphatic carbocycles. The molecule has 0 aromatic heterocycles.